The summed E-state index contributed by atoms with van der Waals surface area (Å²) >= 11 is 2.21. The number of nitrogens with one attached hydrogen (secondary N) is 2. The molecule has 2 aromatic rings. The zero-order valence-electron chi connectivity index (χ0n) is 11.0. The minimum atomic E-state index is -0.220. The number of carbonyl (C=O) groups is 1. The van der Waals surface area contributed by atoms with Crippen LogP contribution in [-0.2, 0) is 6.54 Å². The maximum absolute atomic E-state index is 11.8. The average Bonchev–Trinajstić information content (AvgIpc) is 2.46. The van der Waals surface area contributed by atoms with Crippen molar-refractivity contribution >= 4 is 34.3 Å². The van der Waals surface area contributed by atoms with Gasteiger partial charge in [-0.15, -0.1) is 0 Å². The minimum Gasteiger partial charge on any atom is -0.497 e. The molecule has 0 spiro atoms. The van der Waals surface area contributed by atoms with E-state index in [1.165, 1.54) is 0 Å². The van der Waals surface area contributed by atoms with Crippen LogP contribution in [0.4, 0.5) is 10.5 Å². The molecule has 0 unspecified atom stereocenters. The summed E-state index contributed by atoms with van der Waals surface area (Å²) < 4.78 is 6.16. The van der Waals surface area contributed by atoms with E-state index in [2.05, 4.69) is 33.2 Å². The van der Waals surface area contributed by atoms with E-state index in [9.17, 15) is 4.79 Å². The second kappa shape index (κ2) is 7.14. The Morgan fingerprint density at radius 1 is 1.20 bits per heavy atom. The van der Waals surface area contributed by atoms with E-state index < -0.39 is 0 Å². The van der Waals surface area contributed by atoms with Gasteiger partial charge in [-0.2, -0.15) is 0 Å². The lowest BCUT2D eigenvalue weighted by Crippen LogP contribution is -2.28. The fourth-order valence-corrected chi connectivity index (χ4v) is 2.21. The highest BCUT2D eigenvalue weighted by Crippen LogP contribution is 2.13. The van der Waals surface area contributed by atoms with Gasteiger partial charge >= 0.3 is 6.03 Å². The van der Waals surface area contributed by atoms with Crippen molar-refractivity contribution in [3.63, 3.8) is 0 Å². The number of urea groups is 1. The van der Waals surface area contributed by atoms with Crippen molar-refractivity contribution in [1.82, 2.24) is 5.32 Å². The van der Waals surface area contributed by atoms with Gasteiger partial charge in [0.1, 0.15) is 5.75 Å². The Morgan fingerprint density at radius 2 is 1.95 bits per heavy atom. The molecule has 2 N–H and O–H groups in total. The molecule has 0 saturated heterocycles. The van der Waals surface area contributed by atoms with Crippen LogP contribution in [0.15, 0.2) is 48.5 Å². The summed E-state index contributed by atoms with van der Waals surface area (Å²) in [4.78, 5) is 11.8. The predicted molar refractivity (Wildman–Crippen MR) is 88.0 cm³/mol. The molecular formula is C15H15IN2O2. The molecule has 104 valence electrons. The fourth-order valence-electron chi connectivity index (χ4n) is 1.67. The van der Waals surface area contributed by atoms with Gasteiger partial charge in [0.2, 0.25) is 0 Å². The first kappa shape index (κ1) is 14.6. The lowest BCUT2D eigenvalue weighted by molar-refractivity contribution is 0.251. The van der Waals surface area contributed by atoms with Gasteiger partial charge in [-0.05, 0) is 58.5 Å². The summed E-state index contributed by atoms with van der Waals surface area (Å²) in [7, 11) is 1.63. The molecule has 2 aromatic carbocycles. The third kappa shape index (κ3) is 4.41. The first-order chi connectivity index (χ1) is 9.67. The van der Waals surface area contributed by atoms with Crippen molar-refractivity contribution in [1.29, 1.82) is 0 Å². The maximum Gasteiger partial charge on any atom is 0.319 e. The SMILES string of the molecule is COc1ccc(CNC(=O)Nc2cccc(I)c2)cc1. The Kier molecular flexibility index (Phi) is 5.23. The Bertz CT molecular complexity index is 585. The number of methoxy groups -OCH3 is 1. The van der Waals surface area contributed by atoms with E-state index >= 15 is 0 Å². The van der Waals surface area contributed by atoms with Crippen molar-refractivity contribution in [2.24, 2.45) is 0 Å². The van der Waals surface area contributed by atoms with Crippen LogP contribution in [0.25, 0.3) is 0 Å². The van der Waals surface area contributed by atoms with E-state index in [1.807, 2.05) is 48.5 Å². The van der Waals surface area contributed by atoms with Gasteiger partial charge in [-0.25, -0.2) is 4.79 Å². The van der Waals surface area contributed by atoms with Crippen LogP contribution in [0.5, 0.6) is 5.75 Å². The van der Waals surface area contributed by atoms with Crippen molar-refractivity contribution in [3.05, 3.63) is 57.7 Å². The molecule has 2 amide bonds. The van der Waals surface area contributed by atoms with Crippen LogP contribution in [0.2, 0.25) is 0 Å². The maximum atomic E-state index is 11.8. The van der Waals surface area contributed by atoms with Crippen molar-refractivity contribution in [2.45, 2.75) is 6.54 Å². The number of amides is 2. The largest absolute Gasteiger partial charge is 0.497 e. The smallest absolute Gasteiger partial charge is 0.319 e. The van der Waals surface area contributed by atoms with Crippen LogP contribution in [0, 0.1) is 3.57 Å². The molecule has 5 heteroatoms. The molecule has 0 saturated carbocycles. The number of rotatable bonds is 4. The summed E-state index contributed by atoms with van der Waals surface area (Å²) in [5.41, 5.74) is 1.80. The van der Waals surface area contributed by atoms with E-state index in [1.54, 1.807) is 7.11 Å². The average molecular weight is 382 g/mol. The molecule has 0 aliphatic heterocycles. The molecule has 0 aliphatic rings. The lowest BCUT2D eigenvalue weighted by Gasteiger charge is -2.08. The first-order valence-corrected chi connectivity index (χ1v) is 7.18. The standard InChI is InChI=1S/C15H15IN2O2/c1-20-14-7-5-11(6-8-14)10-17-15(19)18-13-4-2-3-12(16)9-13/h2-9H,10H2,1H3,(H2,17,18,19). The number of halogens is 1. The Hall–Kier alpha value is -1.76. The summed E-state index contributed by atoms with van der Waals surface area (Å²) in [6, 6.07) is 15.0. The minimum absolute atomic E-state index is 0.220. The van der Waals surface area contributed by atoms with Gasteiger partial charge < -0.3 is 15.4 Å². The molecule has 0 aromatic heterocycles. The summed E-state index contributed by atoms with van der Waals surface area (Å²) in [6.07, 6.45) is 0. The van der Waals surface area contributed by atoms with Crippen molar-refractivity contribution in [2.75, 3.05) is 12.4 Å². The second-order valence-electron chi connectivity index (χ2n) is 4.17. The predicted octanol–water partition coefficient (Wildman–Crippen LogP) is 3.62. The highest BCUT2D eigenvalue weighted by Gasteiger charge is 2.02. The van der Waals surface area contributed by atoms with Gasteiger partial charge in [0.25, 0.3) is 0 Å². The van der Waals surface area contributed by atoms with Crippen LogP contribution in [-0.4, -0.2) is 13.1 Å². The molecule has 0 fully saturated rings. The summed E-state index contributed by atoms with van der Waals surface area (Å²) in [5.74, 6) is 0.803. The molecule has 20 heavy (non-hydrogen) atoms. The zero-order valence-corrected chi connectivity index (χ0v) is 13.2. The Balaban J connectivity index is 1.85. The van der Waals surface area contributed by atoms with Gasteiger partial charge in [-0.3, -0.25) is 0 Å². The Morgan fingerprint density at radius 3 is 2.60 bits per heavy atom. The highest BCUT2D eigenvalue weighted by molar-refractivity contribution is 14.1. The second-order valence-corrected chi connectivity index (χ2v) is 5.41. The van der Waals surface area contributed by atoms with E-state index in [0.717, 1.165) is 20.6 Å². The fraction of sp³-hybridized carbons (Fsp3) is 0.133. The van der Waals surface area contributed by atoms with Gasteiger partial charge in [0.15, 0.2) is 0 Å². The summed E-state index contributed by atoms with van der Waals surface area (Å²) in [6.45, 7) is 0.472. The number of benzene rings is 2. The van der Waals surface area contributed by atoms with Gasteiger partial charge in [-0.1, -0.05) is 18.2 Å². The number of hydrogen-bond acceptors (Lipinski definition) is 2. The molecule has 4 nitrogen and oxygen atoms in total. The van der Waals surface area contributed by atoms with Crippen LogP contribution in [0.3, 0.4) is 0 Å². The third-order valence-corrected chi connectivity index (χ3v) is 3.37. The topological polar surface area (TPSA) is 50.4 Å². The van der Waals surface area contributed by atoms with E-state index in [4.69, 9.17) is 4.74 Å². The van der Waals surface area contributed by atoms with Crippen LogP contribution < -0.4 is 15.4 Å². The number of ether oxygens (including phenoxy) is 1. The highest BCUT2D eigenvalue weighted by atomic mass is 127. The van der Waals surface area contributed by atoms with Crippen molar-refractivity contribution in [3.8, 4) is 5.75 Å². The first-order valence-electron chi connectivity index (χ1n) is 6.11. The molecule has 0 radical (unpaired) electrons. The summed E-state index contributed by atoms with van der Waals surface area (Å²) in [5, 5.41) is 5.61. The number of carbonyl (C=O) groups excluding carboxylic acids is 1. The van der Waals surface area contributed by atoms with E-state index in [0.29, 0.717) is 6.54 Å². The molecule has 2 rings (SSSR count). The quantitative estimate of drug-likeness (QED) is 0.794. The lowest BCUT2D eigenvalue weighted by atomic mass is 10.2. The zero-order chi connectivity index (χ0) is 14.4. The normalized spacial score (nSPS) is 9.90. The third-order valence-electron chi connectivity index (χ3n) is 2.69. The van der Waals surface area contributed by atoms with Crippen LogP contribution in [0.1, 0.15) is 5.56 Å². The molecule has 0 atom stereocenters. The molecule has 0 heterocycles. The molecular weight excluding hydrogens is 367 g/mol. The number of anilines is 1. The Labute approximate surface area is 131 Å². The van der Waals surface area contributed by atoms with Crippen LogP contribution >= 0.6 is 22.6 Å². The molecule has 0 bridgehead atoms. The van der Waals surface area contributed by atoms with E-state index in [-0.39, 0.29) is 6.03 Å². The van der Waals surface area contributed by atoms with Gasteiger partial charge in [0.05, 0.1) is 7.11 Å². The van der Waals surface area contributed by atoms with Gasteiger partial charge in [0, 0.05) is 15.8 Å². The monoisotopic (exact) mass is 382 g/mol. The number of hydrogen-bond donors (Lipinski definition) is 2. The molecule has 0 aliphatic carbocycles. The van der Waals surface area contributed by atoms with Crippen molar-refractivity contribution < 1.29 is 9.53 Å².